The van der Waals surface area contributed by atoms with Crippen LogP contribution in [0.5, 0.6) is 5.75 Å². The normalized spacial score (nSPS) is 14.4. The molecule has 3 N–H and O–H groups in total. The fraction of sp³-hybridized carbons (Fsp3) is 0.300. The van der Waals surface area contributed by atoms with E-state index in [1.807, 2.05) is 13.0 Å². The maximum absolute atomic E-state index is 13.0. The van der Waals surface area contributed by atoms with Gasteiger partial charge in [0.1, 0.15) is 5.75 Å². The Labute approximate surface area is 236 Å². The number of anilines is 2. The minimum atomic E-state index is -4.54. The fourth-order valence-corrected chi connectivity index (χ4v) is 4.22. The van der Waals surface area contributed by atoms with E-state index >= 15 is 0 Å². The number of halogens is 3. The van der Waals surface area contributed by atoms with E-state index in [1.165, 1.54) is 18.3 Å². The van der Waals surface area contributed by atoms with Gasteiger partial charge in [0, 0.05) is 66.3 Å². The quantitative estimate of drug-likeness (QED) is 0.198. The summed E-state index contributed by atoms with van der Waals surface area (Å²) in [6.45, 7) is 6.74. The highest BCUT2D eigenvalue weighted by Crippen LogP contribution is 2.30. The highest BCUT2D eigenvalue weighted by molar-refractivity contribution is 6.09. The Morgan fingerprint density at radius 1 is 1.12 bits per heavy atom. The number of morpholine rings is 1. The van der Waals surface area contributed by atoms with Gasteiger partial charge in [0.2, 0.25) is 0 Å². The predicted molar refractivity (Wildman–Crippen MR) is 153 cm³/mol. The van der Waals surface area contributed by atoms with E-state index in [9.17, 15) is 18.0 Å². The Bertz CT molecular complexity index is 1390. The predicted octanol–water partition coefficient (Wildman–Crippen LogP) is 5.86. The molecule has 0 saturated carbocycles. The first kappa shape index (κ1) is 29.8. The van der Waals surface area contributed by atoms with Crippen LogP contribution in [-0.4, -0.2) is 61.5 Å². The zero-order valence-corrected chi connectivity index (χ0v) is 22.6. The fourth-order valence-electron chi connectivity index (χ4n) is 4.22. The number of carbonyl (C=O) groups is 1. The van der Waals surface area contributed by atoms with Crippen LogP contribution in [0.1, 0.15) is 33.5 Å². The Hall–Kier alpha value is -4.22. The first-order valence-electron chi connectivity index (χ1n) is 13.2. The Morgan fingerprint density at radius 3 is 2.68 bits per heavy atom. The lowest BCUT2D eigenvalue weighted by molar-refractivity contribution is -0.137. The molecular formula is C30H32F3N5O3. The van der Waals surface area contributed by atoms with Crippen molar-refractivity contribution in [1.82, 2.24) is 9.88 Å². The van der Waals surface area contributed by atoms with Crippen molar-refractivity contribution < 1.29 is 27.4 Å². The number of allylic oxidation sites excluding steroid dienone is 1. The van der Waals surface area contributed by atoms with Gasteiger partial charge >= 0.3 is 6.18 Å². The summed E-state index contributed by atoms with van der Waals surface area (Å²) in [7, 11) is 0. The van der Waals surface area contributed by atoms with E-state index in [2.05, 4.69) is 20.5 Å². The van der Waals surface area contributed by atoms with Gasteiger partial charge in [0.15, 0.2) is 0 Å². The van der Waals surface area contributed by atoms with Gasteiger partial charge in [-0.05, 0) is 55.3 Å². The Balaban J connectivity index is 1.38. The van der Waals surface area contributed by atoms with Gasteiger partial charge in [-0.25, -0.2) is 0 Å². The molecule has 0 unspecified atom stereocenters. The number of benzene rings is 2. The summed E-state index contributed by atoms with van der Waals surface area (Å²) in [5.41, 5.74) is 2.15. The molecule has 3 aromatic rings. The van der Waals surface area contributed by atoms with Crippen molar-refractivity contribution in [2.24, 2.45) is 0 Å². The molecule has 11 heteroatoms. The summed E-state index contributed by atoms with van der Waals surface area (Å²) in [4.78, 5) is 19.2. The summed E-state index contributed by atoms with van der Waals surface area (Å²) >= 11 is 0. The lowest BCUT2D eigenvalue weighted by Gasteiger charge is -2.26. The monoisotopic (exact) mass is 567 g/mol. The molecule has 1 aliphatic heterocycles. The van der Waals surface area contributed by atoms with Gasteiger partial charge in [-0.15, -0.1) is 0 Å². The van der Waals surface area contributed by atoms with Crippen molar-refractivity contribution in [3.05, 3.63) is 89.4 Å². The molecule has 1 fully saturated rings. The smallest absolute Gasteiger partial charge is 0.416 e. The number of hydrogen-bond acceptors (Lipinski definition) is 7. The lowest BCUT2D eigenvalue weighted by Crippen LogP contribution is -2.37. The molecule has 41 heavy (non-hydrogen) atoms. The maximum Gasteiger partial charge on any atom is 0.416 e. The first-order chi connectivity index (χ1) is 19.7. The molecular weight excluding hydrogens is 535 g/mol. The van der Waals surface area contributed by atoms with Gasteiger partial charge in [0.25, 0.3) is 5.91 Å². The number of nitrogens with zero attached hydrogens (tertiary/aromatic N) is 2. The summed E-state index contributed by atoms with van der Waals surface area (Å²) in [5.74, 6) is -0.0535. The van der Waals surface area contributed by atoms with Crippen LogP contribution in [0.4, 0.5) is 24.5 Å². The standard InChI is InChI=1S/C30H32F3N5O3/c1-21-6-7-26(37-29(39)22-4-2-5-25(14-22)30(31,32)33)16-28(21)36-19-24(17-34)23-15-27(20-35-18-23)41-11-3-8-38-9-12-40-13-10-38/h2,4-7,14-20,34,36H,3,8-13H2,1H3,(H,37,39)/b24-19+,34-17?. The van der Waals surface area contributed by atoms with E-state index < -0.39 is 17.6 Å². The second-order valence-electron chi connectivity index (χ2n) is 9.52. The van der Waals surface area contributed by atoms with E-state index in [-0.39, 0.29) is 5.56 Å². The van der Waals surface area contributed by atoms with Crippen LogP contribution in [0, 0.1) is 12.3 Å². The summed E-state index contributed by atoms with van der Waals surface area (Å²) < 4.78 is 50.4. The zero-order valence-electron chi connectivity index (χ0n) is 22.6. The van der Waals surface area contributed by atoms with Gasteiger partial charge in [0.05, 0.1) is 31.6 Å². The molecule has 4 rings (SSSR count). The van der Waals surface area contributed by atoms with Crippen LogP contribution in [-0.2, 0) is 10.9 Å². The van der Waals surface area contributed by atoms with Gasteiger partial charge in [-0.2, -0.15) is 13.2 Å². The maximum atomic E-state index is 13.0. The second-order valence-corrected chi connectivity index (χ2v) is 9.52. The zero-order chi connectivity index (χ0) is 29.2. The second kappa shape index (κ2) is 13.9. The van der Waals surface area contributed by atoms with Gasteiger partial charge in [-0.3, -0.25) is 14.7 Å². The molecule has 0 spiro atoms. The number of alkyl halides is 3. The average molecular weight is 568 g/mol. The van der Waals surface area contributed by atoms with Crippen LogP contribution in [0.25, 0.3) is 5.57 Å². The molecule has 2 aromatic carbocycles. The molecule has 1 amide bonds. The average Bonchev–Trinajstić information content (AvgIpc) is 2.97. The summed E-state index contributed by atoms with van der Waals surface area (Å²) in [6, 6.07) is 11.2. The van der Waals surface area contributed by atoms with E-state index in [0.717, 1.165) is 57.0 Å². The van der Waals surface area contributed by atoms with Crippen molar-refractivity contribution >= 4 is 29.1 Å². The highest BCUT2D eigenvalue weighted by Gasteiger charge is 2.30. The third kappa shape index (κ3) is 8.63. The topological polar surface area (TPSA) is 99.6 Å². The largest absolute Gasteiger partial charge is 0.492 e. The minimum absolute atomic E-state index is 0.100. The number of pyridine rings is 1. The van der Waals surface area contributed by atoms with Crippen molar-refractivity contribution in [3.63, 3.8) is 0 Å². The number of amides is 1. The van der Waals surface area contributed by atoms with Crippen molar-refractivity contribution in [1.29, 1.82) is 5.41 Å². The van der Waals surface area contributed by atoms with Gasteiger partial charge < -0.3 is 25.5 Å². The molecule has 1 saturated heterocycles. The van der Waals surface area contributed by atoms with Gasteiger partial charge in [-0.1, -0.05) is 12.1 Å². The minimum Gasteiger partial charge on any atom is -0.492 e. The van der Waals surface area contributed by atoms with E-state index in [0.29, 0.717) is 34.9 Å². The number of aromatic nitrogens is 1. The molecule has 1 aromatic heterocycles. The molecule has 0 aliphatic carbocycles. The number of hydrogen-bond donors (Lipinski definition) is 3. The number of rotatable bonds is 11. The number of aryl methyl sites for hydroxylation is 1. The van der Waals surface area contributed by atoms with Crippen molar-refractivity contribution in [2.45, 2.75) is 19.5 Å². The van der Waals surface area contributed by atoms with Crippen LogP contribution in [0.15, 0.2) is 67.1 Å². The SMILES string of the molecule is Cc1ccc(NC(=O)c2cccc(C(F)(F)F)c2)cc1N/C=C(\C=N)c1cncc(OCCCN2CCOCC2)c1. The molecule has 0 atom stereocenters. The Kier molecular flexibility index (Phi) is 10.1. The van der Waals surface area contributed by atoms with Crippen LogP contribution in [0.2, 0.25) is 0 Å². The third-order valence-corrected chi connectivity index (χ3v) is 6.52. The van der Waals surface area contributed by atoms with Crippen molar-refractivity contribution in [2.75, 3.05) is 50.1 Å². The first-order valence-corrected chi connectivity index (χ1v) is 13.2. The molecule has 216 valence electrons. The number of carbonyl (C=O) groups excluding carboxylic acids is 1. The van der Waals surface area contributed by atoms with Crippen molar-refractivity contribution in [3.8, 4) is 5.75 Å². The number of nitrogens with one attached hydrogen (secondary N) is 3. The highest BCUT2D eigenvalue weighted by atomic mass is 19.4. The number of ether oxygens (including phenoxy) is 2. The lowest BCUT2D eigenvalue weighted by atomic mass is 10.1. The Morgan fingerprint density at radius 2 is 1.93 bits per heavy atom. The molecule has 2 heterocycles. The summed E-state index contributed by atoms with van der Waals surface area (Å²) in [5, 5.41) is 13.7. The van der Waals surface area contributed by atoms with Crippen LogP contribution >= 0.6 is 0 Å². The van der Waals surface area contributed by atoms with E-state index in [1.54, 1.807) is 36.8 Å². The molecule has 1 aliphatic rings. The summed E-state index contributed by atoms with van der Waals surface area (Å²) in [6.07, 6.45) is 2.44. The molecule has 8 nitrogen and oxygen atoms in total. The molecule has 0 radical (unpaired) electrons. The van der Waals surface area contributed by atoms with E-state index in [4.69, 9.17) is 14.9 Å². The third-order valence-electron chi connectivity index (χ3n) is 6.52. The van der Waals surface area contributed by atoms with Crippen LogP contribution in [0.3, 0.4) is 0 Å². The van der Waals surface area contributed by atoms with Crippen LogP contribution < -0.4 is 15.4 Å². The molecule has 0 bridgehead atoms.